The van der Waals surface area contributed by atoms with Crippen LogP contribution in [0.1, 0.15) is 37.8 Å². The van der Waals surface area contributed by atoms with Gasteiger partial charge in [0.25, 0.3) is 0 Å². The van der Waals surface area contributed by atoms with Crippen molar-refractivity contribution in [2.45, 2.75) is 26.7 Å². The normalized spacial score (nSPS) is 15.8. The van der Waals surface area contributed by atoms with Crippen LogP contribution in [0, 0.1) is 17.2 Å². The van der Waals surface area contributed by atoms with Gasteiger partial charge in [-0.15, -0.1) is 0 Å². The first kappa shape index (κ1) is 18.2. The monoisotopic (exact) mass is 325 g/mol. The summed E-state index contributed by atoms with van der Waals surface area (Å²) in [5, 5.41) is 8.79. The van der Waals surface area contributed by atoms with E-state index in [9.17, 15) is 4.79 Å². The molecule has 4 nitrogen and oxygen atoms in total. The average molecular weight is 325 g/mol. The highest BCUT2D eigenvalue weighted by atomic mass is 16.2. The number of nitriles is 1. The zero-order valence-corrected chi connectivity index (χ0v) is 14.7. The van der Waals surface area contributed by atoms with Gasteiger partial charge >= 0.3 is 0 Å². The lowest BCUT2D eigenvalue weighted by Gasteiger charge is -2.34. The second-order valence-electron chi connectivity index (χ2n) is 6.32. The van der Waals surface area contributed by atoms with E-state index in [0.29, 0.717) is 11.5 Å². The van der Waals surface area contributed by atoms with Crippen LogP contribution < -0.4 is 0 Å². The zero-order chi connectivity index (χ0) is 17.4. The van der Waals surface area contributed by atoms with Gasteiger partial charge in [-0.2, -0.15) is 5.26 Å². The molecule has 0 aliphatic carbocycles. The van der Waals surface area contributed by atoms with E-state index in [1.165, 1.54) is 0 Å². The third kappa shape index (κ3) is 5.21. The highest BCUT2D eigenvalue weighted by Gasteiger charge is 2.22. The summed E-state index contributed by atoms with van der Waals surface area (Å²) < 4.78 is 0. The molecule has 4 heteroatoms. The van der Waals surface area contributed by atoms with E-state index < -0.39 is 0 Å². The molecule has 0 saturated carbocycles. The number of benzene rings is 1. The molecule has 2 rings (SSSR count). The maximum atomic E-state index is 12.3. The molecule has 0 unspecified atom stereocenters. The number of piperidine rings is 1. The Morgan fingerprint density at radius 2 is 1.88 bits per heavy atom. The molecule has 128 valence electrons. The minimum absolute atomic E-state index is 0.0839. The van der Waals surface area contributed by atoms with E-state index in [4.69, 9.17) is 5.26 Å². The first-order valence-corrected chi connectivity index (χ1v) is 8.85. The Morgan fingerprint density at radius 1 is 1.25 bits per heavy atom. The highest BCUT2D eigenvalue weighted by Crippen LogP contribution is 2.19. The molecule has 0 aromatic heterocycles. The van der Waals surface area contributed by atoms with Crippen LogP contribution >= 0.6 is 0 Å². The summed E-state index contributed by atoms with van der Waals surface area (Å²) in [6.45, 7) is 9.46. The highest BCUT2D eigenvalue weighted by molar-refractivity contribution is 5.91. The van der Waals surface area contributed by atoms with E-state index in [1.54, 1.807) is 18.2 Å². The molecule has 1 saturated heterocycles. The Morgan fingerprint density at radius 3 is 2.42 bits per heavy atom. The fourth-order valence-corrected chi connectivity index (χ4v) is 3.12. The lowest BCUT2D eigenvalue weighted by atomic mass is 9.96. The second kappa shape index (κ2) is 9.24. The Balaban J connectivity index is 1.81. The Kier molecular flexibility index (Phi) is 7.02. The molecule has 0 N–H and O–H groups in total. The lowest BCUT2D eigenvalue weighted by molar-refractivity contribution is -0.127. The van der Waals surface area contributed by atoms with Crippen LogP contribution in [0.25, 0.3) is 6.08 Å². The maximum absolute atomic E-state index is 12.3. The number of amides is 1. The van der Waals surface area contributed by atoms with Crippen LogP contribution in [-0.2, 0) is 4.79 Å². The predicted octanol–water partition coefficient (Wildman–Crippen LogP) is 3.15. The largest absolute Gasteiger partial charge is 0.339 e. The maximum Gasteiger partial charge on any atom is 0.246 e. The standard InChI is InChI=1S/C20H27N3O/c1-3-22(4-2)16-19-11-13-23(14-12-19)20(24)10-9-17-5-7-18(15-21)8-6-17/h5-10,19H,3-4,11-14,16H2,1-2H3/b10-9-. The molecule has 0 bridgehead atoms. The van der Waals surface area contributed by atoms with Crippen molar-refractivity contribution in [2.24, 2.45) is 5.92 Å². The van der Waals surface area contributed by atoms with Crippen molar-refractivity contribution < 1.29 is 4.79 Å². The van der Waals surface area contributed by atoms with Crippen LogP contribution in [0.3, 0.4) is 0 Å². The number of nitrogens with zero attached hydrogens (tertiary/aromatic N) is 3. The zero-order valence-electron chi connectivity index (χ0n) is 14.7. The number of carbonyl (C=O) groups excluding carboxylic acids is 1. The smallest absolute Gasteiger partial charge is 0.246 e. The van der Waals surface area contributed by atoms with Crippen molar-refractivity contribution >= 4 is 12.0 Å². The molecule has 0 atom stereocenters. The number of carbonyl (C=O) groups is 1. The van der Waals surface area contributed by atoms with Crippen LogP contribution in [0.5, 0.6) is 0 Å². The lowest BCUT2D eigenvalue weighted by Crippen LogP contribution is -2.41. The molecule has 1 aliphatic rings. The SMILES string of the molecule is CCN(CC)CC1CCN(C(=O)/C=C\c2ccc(C#N)cc2)CC1. The molecule has 0 radical (unpaired) electrons. The minimum Gasteiger partial charge on any atom is -0.339 e. The molecule has 1 aromatic rings. The second-order valence-corrected chi connectivity index (χ2v) is 6.32. The van der Waals surface area contributed by atoms with Crippen molar-refractivity contribution in [3.8, 4) is 6.07 Å². The van der Waals surface area contributed by atoms with Gasteiger partial charge in [0.15, 0.2) is 0 Å². The van der Waals surface area contributed by atoms with Gasteiger partial charge in [0.05, 0.1) is 11.6 Å². The van der Waals surface area contributed by atoms with Gasteiger partial charge in [-0.3, -0.25) is 4.79 Å². The first-order valence-electron chi connectivity index (χ1n) is 8.85. The Bertz CT molecular complexity index is 588. The molecule has 1 fully saturated rings. The molecule has 1 heterocycles. The number of likely N-dealkylation sites (tertiary alicyclic amines) is 1. The quantitative estimate of drug-likeness (QED) is 0.755. The third-order valence-corrected chi connectivity index (χ3v) is 4.80. The molecule has 24 heavy (non-hydrogen) atoms. The summed E-state index contributed by atoms with van der Waals surface area (Å²) >= 11 is 0. The van der Waals surface area contributed by atoms with E-state index in [1.807, 2.05) is 23.1 Å². The van der Waals surface area contributed by atoms with E-state index >= 15 is 0 Å². The van der Waals surface area contributed by atoms with Gasteiger partial charge < -0.3 is 9.80 Å². The van der Waals surface area contributed by atoms with E-state index in [2.05, 4.69) is 24.8 Å². The number of rotatable bonds is 6. The first-order chi connectivity index (χ1) is 11.7. The summed E-state index contributed by atoms with van der Waals surface area (Å²) in [5.74, 6) is 0.789. The fourth-order valence-electron chi connectivity index (χ4n) is 3.12. The van der Waals surface area contributed by atoms with Gasteiger partial charge in [0.2, 0.25) is 5.91 Å². The summed E-state index contributed by atoms with van der Waals surface area (Å²) in [6, 6.07) is 9.35. The summed E-state index contributed by atoms with van der Waals surface area (Å²) in [5.41, 5.74) is 1.58. The minimum atomic E-state index is 0.0839. The topological polar surface area (TPSA) is 47.3 Å². The van der Waals surface area contributed by atoms with Crippen molar-refractivity contribution in [3.05, 3.63) is 41.5 Å². The third-order valence-electron chi connectivity index (χ3n) is 4.80. The van der Waals surface area contributed by atoms with Crippen LogP contribution in [0.4, 0.5) is 0 Å². The molecular weight excluding hydrogens is 298 g/mol. The molecular formula is C20H27N3O. The molecule has 1 amide bonds. The summed E-state index contributed by atoms with van der Waals surface area (Å²) in [7, 11) is 0. The Labute approximate surface area is 145 Å². The van der Waals surface area contributed by atoms with Crippen molar-refractivity contribution in [1.29, 1.82) is 5.26 Å². The molecule has 1 aliphatic heterocycles. The summed E-state index contributed by atoms with van der Waals surface area (Å²) in [4.78, 5) is 16.7. The van der Waals surface area contributed by atoms with Gasteiger partial charge in [0, 0.05) is 25.7 Å². The van der Waals surface area contributed by atoms with Crippen molar-refractivity contribution in [3.63, 3.8) is 0 Å². The van der Waals surface area contributed by atoms with Gasteiger partial charge in [-0.25, -0.2) is 0 Å². The van der Waals surface area contributed by atoms with Gasteiger partial charge in [0.1, 0.15) is 0 Å². The number of hydrogen-bond acceptors (Lipinski definition) is 3. The van der Waals surface area contributed by atoms with Crippen LogP contribution in [0.2, 0.25) is 0 Å². The number of hydrogen-bond donors (Lipinski definition) is 0. The predicted molar refractivity (Wildman–Crippen MR) is 97.3 cm³/mol. The van der Waals surface area contributed by atoms with Crippen molar-refractivity contribution in [2.75, 3.05) is 32.7 Å². The average Bonchev–Trinajstić information content (AvgIpc) is 2.65. The van der Waals surface area contributed by atoms with E-state index in [-0.39, 0.29) is 5.91 Å². The Hall–Kier alpha value is -2.12. The van der Waals surface area contributed by atoms with Gasteiger partial charge in [-0.1, -0.05) is 26.0 Å². The molecule has 0 spiro atoms. The summed E-state index contributed by atoms with van der Waals surface area (Å²) in [6.07, 6.45) is 5.65. The van der Waals surface area contributed by atoms with Crippen LogP contribution in [-0.4, -0.2) is 48.4 Å². The van der Waals surface area contributed by atoms with Crippen molar-refractivity contribution in [1.82, 2.24) is 9.80 Å². The van der Waals surface area contributed by atoms with Gasteiger partial charge in [-0.05, 0) is 55.6 Å². The molecule has 1 aromatic carbocycles. The fraction of sp³-hybridized carbons (Fsp3) is 0.500. The van der Waals surface area contributed by atoms with Crippen LogP contribution in [0.15, 0.2) is 30.3 Å². The van der Waals surface area contributed by atoms with E-state index in [0.717, 1.165) is 51.1 Å².